The zero-order valence-corrected chi connectivity index (χ0v) is 19.2. The number of imide groups is 1. The van der Waals surface area contributed by atoms with Crippen LogP contribution in [0.2, 0.25) is 0 Å². The smallest absolute Gasteiger partial charge is 0.326 e. The molecule has 2 aromatic rings. The lowest BCUT2D eigenvalue weighted by atomic mass is 10.2. The molecule has 0 bridgehead atoms. The van der Waals surface area contributed by atoms with Crippen LogP contribution in [-0.4, -0.2) is 34.7 Å². The molecule has 0 atom stereocenters. The van der Waals surface area contributed by atoms with E-state index < -0.39 is 23.7 Å². The van der Waals surface area contributed by atoms with Crippen LogP contribution < -0.4 is 4.74 Å². The van der Waals surface area contributed by atoms with E-state index in [1.165, 1.54) is 12.1 Å². The number of nitrogens with zero attached hydrogens (tertiary/aromatic N) is 1. The molecule has 2 amide bonds. The van der Waals surface area contributed by atoms with Crippen molar-refractivity contribution >= 4 is 50.9 Å². The molecular formula is C22H19BrFNO5S. The average Bonchev–Trinajstić information content (AvgIpc) is 2.95. The standard InChI is InChI=1S/C22H19BrFNO5S/c1-13(2)30-20(26)11-25-21(27)19(31-22(25)28)10-15-5-8-18(17(23)9-15)29-12-14-3-6-16(24)7-4-14/h3-10,13H,11-12H2,1-2H3/b19-10+. The van der Waals surface area contributed by atoms with Gasteiger partial charge in [-0.25, -0.2) is 4.39 Å². The van der Waals surface area contributed by atoms with Crippen molar-refractivity contribution in [2.75, 3.05) is 6.54 Å². The molecule has 31 heavy (non-hydrogen) atoms. The van der Waals surface area contributed by atoms with Crippen molar-refractivity contribution in [1.29, 1.82) is 0 Å². The zero-order chi connectivity index (χ0) is 22.5. The van der Waals surface area contributed by atoms with E-state index in [0.717, 1.165) is 22.2 Å². The number of carbonyl (C=O) groups is 3. The van der Waals surface area contributed by atoms with Crippen molar-refractivity contribution in [2.24, 2.45) is 0 Å². The van der Waals surface area contributed by atoms with Gasteiger partial charge in [0.15, 0.2) is 0 Å². The topological polar surface area (TPSA) is 72.9 Å². The highest BCUT2D eigenvalue weighted by Crippen LogP contribution is 2.34. The van der Waals surface area contributed by atoms with E-state index in [2.05, 4.69) is 15.9 Å². The number of hydrogen-bond acceptors (Lipinski definition) is 6. The summed E-state index contributed by atoms with van der Waals surface area (Å²) in [6.07, 6.45) is 1.25. The number of amides is 2. The molecule has 162 valence electrons. The van der Waals surface area contributed by atoms with Crippen molar-refractivity contribution in [3.05, 3.63) is 68.8 Å². The Hall–Kier alpha value is -2.65. The summed E-state index contributed by atoms with van der Waals surface area (Å²) < 4.78 is 24.4. The van der Waals surface area contributed by atoms with Crippen LogP contribution >= 0.6 is 27.7 Å². The monoisotopic (exact) mass is 507 g/mol. The van der Waals surface area contributed by atoms with Crippen molar-refractivity contribution in [3.8, 4) is 5.75 Å². The molecule has 0 radical (unpaired) electrons. The first-order valence-corrected chi connectivity index (χ1v) is 11.0. The molecule has 9 heteroatoms. The summed E-state index contributed by atoms with van der Waals surface area (Å²) in [6.45, 7) is 3.23. The van der Waals surface area contributed by atoms with Gasteiger partial charge in [-0.15, -0.1) is 0 Å². The van der Waals surface area contributed by atoms with Gasteiger partial charge in [-0.3, -0.25) is 19.3 Å². The third-order valence-electron chi connectivity index (χ3n) is 4.09. The lowest BCUT2D eigenvalue weighted by Gasteiger charge is -2.13. The largest absolute Gasteiger partial charge is 0.488 e. The Morgan fingerprint density at radius 2 is 1.90 bits per heavy atom. The van der Waals surface area contributed by atoms with Crippen LogP contribution in [0.4, 0.5) is 9.18 Å². The van der Waals surface area contributed by atoms with Gasteiger partial charge in [0.1, 0.15) is 24.7 Å². The second-order valence-electron chi connectivity index (χ2n) is 6.91. The molecular weight excluding hydrogens is 489 g/mol. The number of thioether (sulfide) groups is 1. The van der Waals surface area contributed by atoms with Crippen LogP contribution in [0.1, 0.15) is 25.0 Å². The molecule has 1 aliphatic heterocycles. The summed E-state index contributed by atoms with van der Waals surface area (Å²) in [4.78, 5) is 37.5. The molecule has 1 saturated heterocycles. The molecule has 0 unspecified atom stereocenters. The molecule has 0 spiro atoms. The van der Waals surface area contributed by atoms with Gasteiger partial charge in [-0.05, 0) is 83.0 Å². The molecule has 1 heterocycles. The fourth-order valence-corrected chi connectivity index (χ4v) is 4.03. The Kier molecular flexibility index (Phi) is 7.50. The van der Waals surface area contributed by atoms with Crippen molar-refractivity contribution in [1.82, 2.24) is 4.90 Å². The summed E-state index contributed by atoms with van der Waals surface area (Å²) >= 11 is 4.20. The first-order valence-electron chi connectivity index (χ1n) is 9.34. The van der Waals surface area contributed by atoms with Crippen molar-refractivity contribution in [3.63, 3.8) is 0 Å². The second-order valence-corrected chi connectivity index (χ2v) is 8.76. The molecule has 0 N–H and O–H groups in total. The van der Waals surface area contributed by atoms with E-state index in [0.29, 0.717) is 15.8 Å². The van der Waals surface area contributed by atoms with Crippen LogP contribution in [0.5, 0.6) is 5.75 Å². The first kappa shape index (κ1) is 23.0. The number of esters is 1. The maximum atomic E-state index is 13.0. The summed E-state index contributed by atoms with van der Waals surface area (Å²) in [7, 11) is 0. The molecule has 0 aliphatic carbocycles. The highest BCUT2D eigenvalue weighted by Gasteiger charge is 2.36. The fraction of sp³-hybridized carbons (Fsp3) is 0.227. The summed E-state index contributed by atoms with van der Waals surface area (Å²) in [6, 6.07) is 11.2. The van der Waals surface area contributed by atoms with Gasteiger partial charge < -0.3 is 9.47 Å². The predicted octanol–water partition coefficient (Wildman–Crippen LogP) is 5.16. The zero-order valence-electron chi connectivity index (χ0n) is 16.8. The van der Waals surface area contributed by atoms with Crippen molar-refractivity contribution in [2.45, 2.75) is 26.6 Å². The van der Waals surface area contributed by atoms with Gasteiger partial charge >= 0.3 is 5.97 Å². The number of halogens is 2. The summed E-state index contributed by atoms with van der Waals surface area (Å²) in [5.74, 6) is -0.908. The molecule has 2 aromatic carbocycles. The third-order valence-corrected chi connectivity index (χ3v) is 5.62. The lowest BCUT2D eigenvalue weighted by Crippen LogP contribution is -2.35. The average molecular weight is 508 g/mol. The Morgan fingerprint density at radius 3 is 2.55 bits per heavy atom. The SMILES string of the molecule is CC(C)OC(=O)CN1C(=O)S/C(=C/c2ccc(OCc3ccc(F)cc3)c(Br)c2)C1=O. The van der Waals surface area contributed by atoms with Crippen LogP contribution in [0.15, 0.2) is 51.8 Å². The predicted molar refractivity (Wildman–Crippen MR) is 119 cm³/mol. The molecule has 0 aromatic heterocycles. The van der Waals surface area contributed by atoms with Crippen molar-refractivity contribution < 1.29 is 28.2 Å². The van der Waals surface area contributed by atoms with Crippen LogP contribution in [-0.2, 0) is 20.9 Å². The Bertz CT molecular complexity index is 1040. The minimum Gasteiger partial charge on any atom is -0.488 e. The third kappa shape index (κ3) is 6.18. The van der Waals surface area contributed by atoms with E-state index >= 15 is 0 Å². The molecule has 1 aliphatic rings. The van der Waals surface area contributed by atoms with Crippen LogP contribution in [0.25, 0.3) is 6.08 Å². The summed E-state index contributed by atoms with van der Waals surface area (Å²) in [5, 5.41) is -0.518. The highest BCUT2D eigenvalue weighted by molar-refractivity contribution is 9.10. The normalized spacial score (nSPS) is 15.1. The Morgan fingerprint density at radius 1 is 1.19 bits per heavy atom. The number of ether oxygens (including phenoxy) is 2. The van der Waals surface area contributed by atoms with E-state index in [9.17, 15) is 18.8 Å². The van der Waals surface area contributed by atoms with Gasteiger partial charge in [0.05, 0.1) is 15.5 Å². The van der Waals surface area contributed by atoms with Crippen LogP contribution in [0.3, 0.4) is 0 Å². The second kappa shape index (κ2) is 10.1. The number of carbonyl (C=O) groups excluding carboxylic acids is 3. The van der Waals surface area contributed by atoms with Gasteiger partial charge in [-0.2, -0.15) is 0 Å². The quantitative estimate of drug-likeness (QED) is 0.380. The lowest BCUT2D eigenvalue weighted by molar-refractivity contribution is -0.149. The molecule has 6 nitrogen and oxygen atoms in total. The van der Waals surface area contributed by atoms with Gasteiger partial charge in [0.2, 0.25) is 0 Å². The van der Waals surface area contributed by atoms with Crippen LogP contribution in [0, 0.1) is 5.82 Å². The maximum absolute atomic E-state index is 13.0. The van der Waals surface area contributed by atoms with E-state index in [-0.39, 0.29) is 23.4 Å². The first-order chi connectivity index (χ1) is 14.7. The maximum Gasteiger partial charge on any atom is 0.326 e. The highest BCUT2D eigenvalue weighted by atomic mass is 79.9. The number of rotatable bonds is 7. The molecule has 3 rings (SSSR count). The molecule has 0 saturated carbocycles. The molecule has 1 fully saturated rings. The minimum atomic E-state index is -0.635. The minimum absolute atomic E-state index is 0.217. The van der Waals surface area contributed by atoms with E-state index in [1.54, 1.807) is 50.3 Å². The van der Waals surface area contributed by atoms with Gasteiger partial charge in [0.25, 0.3) is 11.1 Å². The summed E-state index contributed by atoms with van der Waals surface area (Å²) in [5.41, 5.74) is 1.50. The number of hydrogen-bond donors (Lipinski definition) is 0. The number of benzene rings is 2. The Balaban J connectivity index is 1.67. The van der Waals surface area contributed by atoms with Gasteiger partial charge in [0, 0.05) is 0 Å². The Labute approximate surface area is 191 Å². The van der Waals surface area contributed by atoms with Gasteiger partial charge in [-0.1, -0.05) is 18.2 Å². The van der Waals surface area contributed by atoms with E-state index in [4.69, 9.17) is 9.47 Å². The fourth-order valence-electron chi connectivity index (χ4n) is 2.68. The van der Waals surface area contributed by atoms with E-state index in [1.807, 2.05) is 0 Å².